The van der Waals surface area contributed by atoms with Gasteiger partial charge in [-0.1, -0.05) is 12.1 Å². The molecule has 1 aliphatic rings. The highest BCUT2D eigenvalue weighted by molar-refractivity contribution is 7.98. The smallest absolute Gasteiger partial charge is 0.275 e. The Labute approximate surface area is 152 Å². The maximum absolute atomic E-state index is 14.1. The number of thioether (sulfide) groups is 1. The van der Waals surface area contributed by atoms with Crippen molar-refractivity contribution in [2.45, 2.75) is 11.9 Å². The van der Waals surface area contributed by atoms with Gasteiger partial charge < -0.3 is 0 Å². The lowest BCUT2D eigenvalue weighted by atomic mass is 10.2. The molecule has 0 spiro atoms. The first-order valence-electron chi connectivity index (χ1n) is 7.38. The molecule has 2 aromatic rings. The summed E-state index contributed by atoms with van der Waals surface area (Å²) in [6.45, 7) is 8.89. The van der Waals surface area contributed by atoms with E-state index in [9.17, 15) is 14.0 Å². The molecule has 0 atom stereocenters. The molecule has 0 aliphatic carbocycles. The summed E-state index contributed by atoms with van der Waals surface area (Å²) >= 11 is 1.18. The molecule has 130 valence electrons. The van der Waals surface area contributed by atoms with E-state index in [1.165, 1.54) is 43.0 Å². The first kappa shape index (κ1) is 17.6. The quantitative estimate of drug-likeness (QED) is 0.386. The zero-order chi connectivity index (χ0) is 18.8. The predicted molar refractivity (Wildman–Crippen MR) is 94.7 cm³/mol. The number of halogens is 1. The van der Waals surface area contributed by atoms with E-state index in [4.69, 9.17) is 6.57 Å². The number of carbonyl (C=O) groups is 2. The van der Waals surface area contributed by atoms with Crippen LogP contribution in [0.2, 0.25) is 0 Å². The molecule has 1 N–H and O–H groups in total. The second kappa shape index (κ2) is 6.93. The monoisotopic (exact) mass is 369 g/mol. The average molecular weight is 369 g/mol. The molecule has 0 saturated heterocycles. The van der Waals surface area contributed by atoms with Gasteiger partial charge in [0.15, 0.2) is 11.6 Å². The standard InChI is InChI=1S/C17H12FN5O2S/c1-9-8-12(24)23(17(9)25)22-15-13(19-2)16(26-3)21-14(20-15)10-6-4-5-7-11(10)18/h4-8H,1,3H3,(H,20,21,22). The Hall–Kier alpha value is -3.25. The van der Waals surface area contributed by atoms with Crippen LogP contribution in [0.1, 0.15) is 6.92 Å². The van der Waals surface area contributed by atoms with E-state index in [1.54, 1.807) is 12.3 Å². The molecule has 3 rings (SSSR count). The second-order valence-electron chi connectivity index (χ2n) is 5.26. The highest BCUT2D eigenvalue weighted by Gasteiger charge is 2.30. The summed E-state index contributed by atoms with van der Waals surface area (Å²) in [4.78, 5) is 35.8. The Morgan fingerprint density at radius 1 is 1.27 bits per heavy atom. The molecule has 0 fully saturated rings. The molecule has 0 bridgehead atoms. The van der Waals surface area contributed by atoms with Gasteiger partial charge in [-0.15, -0.1) is 11.8 Å². The fraction of sp³-hybridized carbons (Fsp3) is 0.118. The van der Waals surface area contributed by atoms with Crippen molar-refractivity contribution in [3.8, 4) is 11.4 Å². The lowest BCUT2D eigenvalue weighted by molar-refractivity contribution is -0.135. The van der Waals surface area contributed by atoms with E-state index >= 15 is 0 Å². The molecule has 7 nitrogen and oxygen atoms in total. The van der Waals surface area contributed by atoms with Crippen molar-refractivity contribution in [1.29, 1.82) is 0 Å². The van der Waals surface area contributed by atoms with Crippen molar-refractivity contribution in [2.24, 2.45) is 0 Å². The summed E-state index contributed by atoms with van der Waals surface area (Å²) in [6, 6.07) is 5.95. The number of hydrazine groups is 1. The summed E-state index contributed by atoms with van der Waals surface area (Å²) < 4.78 is 14.1. The van der Waals surface area contributed by atoms with Crippen LogP contribution in [0.3, 0.4) is 0 Å². The molecule has 26 heavy (non-hydrogen) atoms. The van der Waals surface area contributed by atoms with Crippen molar-refractivity contribution in [3.05, 3.63) is 53.1 Å². The number of nitrogens with one attached hydrogen (secondary N) is 1. The summed E-state index contributed by atoms with van der Waals surface area (Å²) in [7, 11) is 0. The van der Waals surface area contributed by atoms with Crippen molar-refractivity contribution in [1.82, 2.24) is 15.0 Å². The Morgan fingerprint density at radius 2 is 2.00 bits per heavy atom. The van der Waals surface area contributed by atoms with Gasteiger partial charge in [-0.25, -0.2) is 19.2 Å². The fourth-order valence-corrected chi connectivity index (χ4v) is 2.83. The van der Waals surface area contributed by atoms with Crippen LogP contribution in [-0.2, 0) is 9.59 Å². The second-order valence-corrected chi connectivity index (χ2v) is 6.06. The van der Waals surface area contributed by atoms with Gasteiger partial charge in [-0.3, -0.25) is 15.0 Å². The SMILES string of the molecule is [C-]#[N+]c1c(NN2C(=O)C=C(C)C2=O)nc(-c2ccccc2F)nc1SC. The number of benzene rings is 1. The van der Waals surface area contributed by atoms with Gasteiger partial charge in [-0.05, 0) is 25.3 Å². The number of amides is 2. The van der Waals surface area contributed by atoms with E-state index in [2.05, 4.69) is 20.2 Å². The highest BCUT2D eigenvalue weighted by atomic mass is 32.2. The minimum absolute atomic E-state index is 0.0394. The molecule has 0 saturated carbocycles. The van der Waals surface area contributed by atoms with Crippen LogP contribution in [0.25, 0.3) is 16.2 Å². The number of hydrogen-bond donors (Lipinski definition) is 1. The van der Waals surface area contributed by atoms with Gasteiger partial charge in [0.1, 0.15) is 10.8 Å². The van der Waals surface area contributed by atoms with E-state index in [-0.39, 0.29) is 28.5 Å². The number of nitrogens with zero attached hydrogens (tertiary/aromatic N) is 4. The fourth-order valence-electron chi connectivity index (χ4n) is 2.32. The van der Waals surface area contributed by atoms with Crippen LogP contribution >= 0.6 is 11.8 Å². The molecule has 0 radical (unpaired) electrons. The molecule has 1 aliphatic heterocycles. The number of carbonyl (C=O) groups excluding carboxylic acids is 2. The average Bonchev–Trinajstić information content (AvgIpc) is 2.87. The topological polar surface area (TPSA) is 79.5 Å². The number of aromatic nitrogens is 2. The molecule has 1 aromatic carbocycles. The van der Waals surface area contributed by atoms with Crippen LogP contribution in [0.15, 0.2) is 40.9 Å². The molecular formula is C17H12FN5O2S. The van der Waals surface area contributed by atoms with Gasteiger partial charge in [0.05, 0.1) is 12.1 Å². The Balaban J connectivity index is 2.11. The first-order valence-corrected chi connectivity index (χ1v) is 8.60. The van der Waals surface area contributed by atoms with E-state index in [0.29, 0.717) is 5.03 Å². The number of imide groups is 1. The summed E-state index contributed by atoms with van der Waals surface area (Å²) in [5.74, 6) is -1.62. The van der Waals surface area contributed by atoms with Crippen LogP contribution in [0, 0.1) is 12.4 Å². The normalized spacial score (nSPS) is 13.6. The zero-order valence-corrected chi connectivity index (χ0v) is 14.6. The van der Waals surface area contributed by atoms with Gasteiger partial charge >= 0.3 is 0 Å². The summed E-state index contributed by atoms with van der Waals surface area (Å²) in [6.07, 6.45) is 2.89. The zero-order valence-electron chi connectivity index (χ0n) is 13.8. The summed E-state index contributed by atoms with van der Waals surface area (Å²) in [5, 5.41) is 1.07. The molecule has 9 heteroatoms. The van der Waals surface area contributed by atoms with Gasteiger partial charge in [0.25, 0.3) is 17.5 Å². The van der Waals surface area contributed by atoms with Crippen molar-refractivity contribution in [3.63, 3.8) is 0 Å². The van der Waals surface area contributed by atoms with Crippen molar-refractivity contribution >= 4 is 35.1 Å². The van der Waals surface area contributed by atoms with Crippen LogP contribution in [0.4, 0.5) is 15.9 Å². The summed E-state index contributed by atoms with van der Waals surface area (Å²) in [5.41, 5.74) is 3.03. The third-order valence-electron chi connectivity index (χ3n) is 3.59. The predicted octanol–water partition coefficient (Wildman–Crippen LogP) is 3.20. The van der Waals surface area contributed by atoms with E-state index in [1.807, 2.05) is 0 Å². The minimum atomic E-state index is -0.569. The number of rotatable bonds is 4. The van der Waals surface area contributed by atoms with Crippen LogP contribution in [0.5, 0.6) is 0 Å². The molecule has 2 amide bonds. The lowest BCUT2D eigenvalue weighted by Gasteiger charge is -2.18. The van der Waals surface area contributed by atoms with Crippen molar-refractivity contribution in [2.75, 3.05) is 11.7 Å². The first-order chi connectivity index (χ1) is 12.5. The Bertz CT molecular complexity index is 999. The maximum atomic E-state index is 14.1. The van der Waals surface area contributed by atoms with Crippen LogP contribution in [-0.4, -0.2) is 33.0 Å². The van der Waals surface area contributed by atoms with E-state index < -0.39 is 17.6 Å². The van der Waals surface area contributed by atoms with Crippen molar-refractivity contribution < 1.29 is 14.0 Å². The molecule has 2 heterocycles. The van der Waals surface area contributed by atoms with Crippen LogP contribution < -0.4 is 5.43 Å². The Kier molecular flexibility index (Phi) is 4.69. The highest BCUT2D eigenvalue weighted by Crippen LogP contribution is 2.36. The van der Waals surface area contributed by atoms with E-state index in [0.717, 1.165) is 5.01 Å². The maximum Gasteiger partial charge on any atom is 0.275 e. The molecule has 1 aromatic heterocycles. The van der Waals surface area contributed by atoms with Gasteiger partial charge in [0, 0.05) is 11.6 Å². The lowest BCUT2D eigenvalue weighted by Crippen LogP contribution is -2.36. The number of anilines is 1. The largest absolute Gasteiger partial charge is 0.281 e. The third kappa shape index (κ3) is 3.02. The van der Waals surface area contributed by atoms with Gasteiger partial charge in [-0.2, -0.15) is 5.01 Å². The molecule has 0 unspecified atom stereocenters. The minimum Gasteiger partial charge on any atom is -0.281 e. The molecular weight excluding hydrogens is 357 g/mol. The third-order valence-corrected chi connectivity index (χ3v) is 4.26. The van der Waals surface area contributed by atoms with Gasteiger partial charge in [0.2, 0.25) is 0 Å². The number of hydrogen-bond acceptors (Lipinski definition) is 6. The Morgan fingerprint density at radius 3 is 2.58 bits per heavy atom.